The van der Waals surface area contributed by atoms with Crippen molar-refractivity contribution in [1.29, 1.82) is 0 Å². The largest absolute Gasteiger partial charge is 0.497 e. The van der Waals surface area contributed by atoms with Gasteiger partial charge in [-0.2, -0.15) is 11.8 Å². The van der Waals surface area contributed by atoms with Gasteiger partial charge in [0.15, 0.2) is 0 Å². The van der Waals surface area contributed by atoms with Gasteiger partial charge in [-0.25, -0.2) is 9.97 Å². The van der Waals surface area contributed by atoms with E-state index in [4.69, 9.17) is 9.47 Å². The Kier molecular flexibility index (Phi) is 10.5. The zero-order valence-corrected chi connectivity index (χ0v) is 20.6. The molecule has 33 heavy (non-hydrogen) atoms. The lowest BCUT2D eigenvalue weighted by Crippen LogP contribution is -2.10. The van der Waals surface area contributed by atoms with E-state index in [2.05, 4.69) is 58.5 Å². The molecule has 1 aromatic heterocycles. The van der Waals surface area contributed by atoms with Crippen LogP contribution in [0, 0.1) is 0 Å². The molecule has 0 bridgehead atoms. The highest BCUT2D eigenvalue weighted by atomic mass is 32.2. The fourth-order valence-corrected chi connectivity index (χ4v) is 4.09. The van der Waals surface area contributed by atoms with Gasteiger partial charge in [0.2, 0.25) is 5.95 Å². The monoisotopic (exact) mass is 466 g/mol. The molecule has 0 amide bonds. The highest BCUT2D eigenvalue weighted by Crippen LogP contribution is 2.15. The average molecular weight is 467 g/mol. The first-order chi connectivity index (χ1) is 16.1. The van der Waals surface area contributed by atoms with Gasteiger partial charge < -0.3 is 19.7 Å². The van der Waals surface area contributed by atoms with Crippen molar-refractivity contribution < 1.29 is 9.47 Å². The van der Waals surface area contributed by atoms with E-state index in [0.29, 0.717) is 19.2 Å². The standard InChI is InChI=1S/C26H34N4O2S/c1-30(2)18-22-5-4-6-23(15-22)20-33-14-12-27-26-28-16-24(17-29-26)11-13-32-19-21-7-9-25(31-3)10-8-21/h4-10,15-17H,11-14,18-20H2,1-3H3,(H,27,28,29). The summed E-state index contributed by atoms with van der Waals surface area (Å²) in [5.41, 5.74) is 4.93. The van der Waals surface area contributed by atoms with E-state index >= 15 is 0 Å². The van der Waals surface area contributed by atoms with Gasteiger partial charge in [-0.05, 0) is 54.9 Å². The maximum atomic E-state index is 5.76. The van der Waals surface area contributed by atoms with Gasteiger partial charge in [-0.3, -0.25) is 0 Å². The molecule has 6 nitrogen and oxygen atoms in total. The maximum Gasteiger partial charge on any atom is 0.222 e. The van der Waals surface area contributed by atoms with Gasteiger partial charge in [-0.15, -0.1) is 0 Å². The van der Waals surface area contributed by atoms with Gasteiger partial charge >= 0.3 is 0 Å². The molecule has 0 unspecified atom stereocenters. The third-order valence-corrected chi connectivity index (χ3v) is 5.99. The topological polar surface area (TPSA) is 59.5 Å². The number of aromatic nitrogens is 2. The second-order valence-corrected chi connectivity index (χ2v) is 9.21. The van der Waals surface area contributed by atoms with Crippen LogP contribution in [0.4, 0.5) is 5.95 Å². The van der Waals surface area contributed by atoms with Gasteiger partial charge in [0, 0.05) is 37.0 Å². The van der Waals surface area contributed by atoms with Crippen molar-refractivity contribution in [2.75, 3.05) is 45.4 Å². The SMILES string of the molecule is COc1ccc(COCCc2cnc(NCCSCc3cccc(CN(C)C)c3)nc2)cc1. The van der Waals surface area contributed by atoms with Gasteiger partial charge in [0.05, 0.1) is 20.3 Å². The third-order valence-electron chi connectivity index (χ3n) is 4.96. The smallest absolute Gasteiger partial charge is 0.222 e. The van der Waals surface area contributed by atoms with Crippen molar-refractivity contribution in [3.8, 4) is 5.75 Å². The molecule has 0 radical (unpaired) electrons. The first kappa shape index (κ1) is 25.0. The van der Waals surface area contributed by atoms with E-state index < -0.39 is 0 Å². The van der Waals surface area contributed by atoms with Crippen LogP contribution in [0.5, 0.6) is 5.75 Å². The summed E-state index contributed by atoms with van der Waals surface area (Å²) in [6, 6.07) is 16.7. The van der Waals surface area contributed by atoms with Crippen LogP contribution in [0.25, 0.3) is 0 Å². The number of nitrogens with zero attached hydrogens (tertiary/aromatic N) is 3. The predicted molar refractivity (Wildman–Crippen MR) is 137 cm³/mol. The maximum absolute atomic E-state index is 5.76. The molecule has 0 spiro atoms. The quantitative estimate of drug-likeness (QED) is 0.347. The van der Waals surface area contributed by atoms with Crippen LogP contribution in [0.15, 0.2) is 60.9 Å². The Labute approximate surface area is 201 Å². The number of hydrogen-bond acceptors (Lipinski definition) is 7. The molecule has 0 fully saturated rings. The van der Waals surface area contributed by atoms with E-state index in [1.54, 1.807) is 7.11 Å². The fourth-order valence-electron chi connectivity index (χ4n) is 3.28. The van der Waals surface area contributed by atoms with E-state index in [9.17, 15) is 0 Å². The molecule has 0 atom stereocenters. The van der Waals surface area contributed by atoms with Gasteiger partial charge in [0.1, 0.15) is 5.75 Å². The number of thioether (sulfide) groups is 1. The van der Waals surface area contributed by atoms with Crippen molar-refractivity contribution in [1.82, 2.24) is 14.9 Å². The molecule has 2 aromatic carbocycles. The molecule has 7 heteroatoms. The molecule has 0 aliphatic heterocycles. The Morgan fingerprint density at radius 3 is 2.42 bits per heavy atom. The Balaban J connectivity index is 1.28. The fraction of sp³-hybridized carbons (Fsp3) is 0.385. The summed E-state index contributed by atoms with van der Waals surface area (Å²) in [5, 5.41) is 3.30. The minimum absolute atomic E-state index is 0.585. The number of anilines is 1. The van der Waals surface area contributed by atoms with Crippen LogP contribution in [0.3, 0.4) is 0 Å². The summed E-state index contributed by atoms with van der Waals surface area (Å²) in [6.07, 6.45) is 4.53. The van der Waals surface area contributed by atoms with Crippen LogP contribution in [-0.2, 0) is 30.1 Å². The third kappa shape index (κ3) is 9.42. The molecule has 3 aromatic rings. The second kappa shape index (κ2) is 13.8. The Morgan fingerprint density at radius 2 is 1.70 bits per heavy atom. The first-order valence-corrected chi connectivity index (χ1v) is 12.3. The minimum Gasteiger partial charge on any atom is -0.497 e. The predicted octanol–water partition coefficient (Wildman–Crippen LogP) is 4.65. The zero-order chi connectivity index (χ0) is 23.3. The summed E-state index contributed by atoms with van der Waals surface area (Å²) >= 11 is 1.91. The number of rotatable bonds is 14. The molecular formula is C26H34N4O2S. The lowest BCUT2D eigenvalue weighted by atomic mass is 10.1. The molecule has 0 saturated carbocycles. The molecule has 0 aliphatic carbocycles. The second-order valence-electron chi connectivity index (χ2n) is 8.10. The number of methoxy groups -OCH3 is 1. The molecule has 1 heterocycles. The number of hydrogen-bond donors (Lipinski definition) is 1. The summed E-state index contributed by atoms with van der Waals surface area (Å²) in [4.78, 5) is 11.0. The van der Waals surface area contributed by atoms with Crippen LogP contribution in [0.1, 0.15) is 22.3 Å². The molecule has 176 valence electrons. The Morgan fingerprint density at radius 1 is 0.939 bits per heavy atom. The summed E-state index contributed by atoms with van der Waals surface area (Å²) in [6.45, 7) is 3.03. The van der Waals surface area contributed by atoms with E-state index in [1.807, 2.05) is 48.4 Å². The summed E-state index contributed by atoms with van der Waals surface area (Å²) in [5.74, 6) is 3.54. The first-order valence-electron chi connectivity index (χ1n) is 11.2. The van der Waals surface area contributed by atoms with E-state index in [1.165, 1.54) is 11.1 Å². The van der Waals surface area contributed by atoms with Crippen LogP contribution < -0.4 is 10.1 Å². The lowest BCUT2D eigenvalue weighted by Gasteiger charge is -2.11. The highest BCUT2D eigenvalue weighted by molar-refractivity contribution is 7.98. The number of ether oxygens (including phenoxy) is 2. The van der Waals surface area contributed by atoms with Gasteiger partial charge in [0.25, 0.3) is 0 Å². The summed E-state index contributed by atoms with van der Waals surface area (Å²) < 4.78 is 10.9. The van der Waals surface area contributed by atoms with Crippen molar-refractivity contribution in [3.05, 3.63) is 83.2 Å². The average Bonchev–Trinajstić information content (AvgIpc) is 2.83. The molecular weight excluding hydrogens is 432 g/mol. The van der Waals surface area contributed by atoms with Crippen molar-refractivity contribution in [2.45, 2.75) is 25.3 Å². The number of nitrogens with one attached hydrogen (secondary N) is 1. The van der Waals surface area contributed by atoms with Gasteiger partial charge in [-0.1, -0.05) is 36.4 Å². The number of benzene rings is 2. The molecule has 0 aliphatic rings. The lowest BCUT2D eigenvalue weighted by molar-refractivity contribution is 0.123. The summed E-state index contributed by atoms with van der Waals surface area (Å²) in [7, 11) is 5.86. The Bertz CT molecular complexity index is 949. The van der Waals surface area contributed by atoms with Crippen LogP contribution >= 0.6 is 11.8 Å². The Hall–Kier alpha value is -2.61. The van der Waals surface area contributed by atoms with Crippen LogP contribution in [0.2, 0.25) is 0 Å². The van der Waals surface area contributed by atoms with E-state index in [-0.39, 0.29) is 0 Å². The molecule has 0 saturated heterocycles. The molecule has 3 rings (SSSR count). The van der Waals surface area contributed by atoms with E-state index in [0.717, 1.165) is 47.9 Å². The molecule has 1 N–H and O–H groups in total. The minimum atomic E-state index is 0.585. The van der Waals surface area contributed by atoms with Crippen molar-refractivity contribution in [2.24, 2.45) is 0 Å². The highest BCUT2D eigenvalue weighted by Gasteiger charge is 2.01. The van der Waals surface area contributed by atoms with Crippen molar-refractivity contribution in [3.63, 3.8) is 0 Å². The zero-order valence-electron chi connectivity index (χ0n) is 19.8. The van der Waals surface area contributed by atoms with Crippen LogP contribution in [-0.4, -0.2) is 55.0 Å². The normalized spacial score (nSPS) is 11.0. The van der Waals surface area contributed by atoms with Crippen molar-refractivity contribution >= 4 is 17.7 Å².